The van der Waals surface area contributed by atoms with Gasteiger partial charge in [0.05, 0.1) is 4.47 Å². The molecule has 0 radical (unpaired) electrons. The quantitative estimate of drug-likeness (QED) is 0.554. The minimum atomic E-state index is -0.518. The van der Waals surface area contributed by atoms with Crippen molar-refractivity contribution in [2.45, 2.75) is 20.3 Å². The van der Waals surface area contributed by atoms with Gasteiger partial charge in [-0.3, -0.25) is 0 Å². The molecule has 0 aliphatic heterocycles. The lowest BCUT2D eigenvalue weighted by Gasteiger charge is -2.18. The molecule has 0 fully saturated rings. The van der Waals surface area contributed by atoms with Crippen molar-refractivity contribution < 1.29 is 8.78 Å². The van der Waals surface area contributed by atoms with E-state index in [4.69, 9.17) is 11.6 Å². The van der Waals surface area contributed by atoms with E-state index in [1.165, 1.54) is 12.1 Å². The largest absolute Gasteiger partial charge is 0.207 e. The number of hydrogen-bond donors (Lipinski definition) is 0. The van der Waals surface area contributed by atoms with Crippen molar-refractivity contribution in [3.8, 4) is 0 Å². The predicted octanol–water partition coefficient (Wildman–Crippen LogP) is 4.78. The maximum absolute atomic E-state index is 13.7. The van der Waals surface area contributed by atoms with Crippen LogP contribution in [0.1, 0.15) is 19.4 Å². The zero-order valence-electron chi connectivity index (χ0n) is 9.24. The van der Waals surface area contributed by atoms with E-state index in [9.17, 15) is 8.78 Å². The lowest BCUT2D eigenvalue weighted by Crippen LogP contribution is -2.15. The minimum absolute atomic E-state index is 0.0833. The molecule has 0 spiro atoms. The monoisotopic (exact) mass is 310 g/mol. The van der Waals surface area contributed by atoms with E-state index < -0.39 is 11.6 Å². The van der Waals surface area contributed by atoms with Gasteiger partial charge in [0.2, 0.25) is 0 Å². The Kier molecular flexibility index (Phi) is 5.19. The summed E-state index contributed by atoms with van der Waals surface area (Å²) in [6.45, 7) is 4.00. The first kappa shape index (κ1) is 13.9. The van der Waals surface area contributed by atoms with Gasteiger partial charge < -0.3 is 0 Å². The van der Waals surface area contributed by atoms with Crippen molar-refractivity contribution in [3.63, 3.8) is 0 Å². The number of benzene rings is 1. The zero-order chi connectivity index (χ0) is 12.3. The topological polar surface area (TPSA) is 0 Å². The van der Waals surface area contributed by atoms with Crippen LogP contribution < -0.4 is 0 Å². The summed E-state index contributed by atoms with van der Waals surface area (Å²) in [6.07, 6.45) is 0.332. The van der Waals surface area contributed by atoms with E-state index in [0.717, 1.165) is 0 Å². The van der Waals surface area contributed by atoms with E-state index in [2.05, 4.69) is 15.9 Å². The van der Waals surface area contributed by atoms with Crippen molar-refractivity contribution in [1.82, 2.24) is 0 Å². The highest BCUT2D eigenvalue weighted by Crippen LogP contribution is 2.26. The number of alkyl halides is 1. The van der Waals surface area contributed by atoms with Gasteiger partial charge in [-0.25, -0.2) is 8.78 Å². The Morgan fingerprint density at radius 3 is 2.44 bits per heavy atom. The van der Waals surface area contributed by atoms with Crippen LogP contribution in [0.4, 0.5) is 8.78 Å². The van der Waals surface area contributed by atoms with Crippen LogP contribution in [0, 0.1) is 23.5 Å². The highest BCUT2D eigenvalue weighted by Gasteiger charge is 2.19. The van der Waals surface area contributed by atoms with Crippen molar-refractivity contribution in [2.75, 3.05) is 5.88 Å². The standard InChI is InChI=1S/C12H14BrClF2/c1-7(2)8(6-14)5-9-11(15)4-3-10(13)12(9)16/h3-4,7-8H,5-6H2,1-2H3. The third kappa shape index (κ3) is 3.17. The van der Waals surface area contributed by atoms with Gasteiger partial charge in [-0.1, -0.05) is 13.8 Å². The van der Waals surface area contributed by atoms with Crippen molar-refractivity contribution in [3.05, 3.63) is 33.8 Å². The summed E-state index contributed by atoms with van der Waals surface area (Å²) in [4.78, 5) is 0. The number of rotatable bonds is 4. The Bertz CT molecular complexity index is 366. The van der Waals surface area contributed by atoms with E-state index in [1.807, 2.05) is 13.8 Å². The molecule has 0 saturated carbocycles. The number of hydrogen-bond acceptors (Lipinski definition) is 0. The van der Waals surface area contributed by atoms with Crippen LogP contribution in [-0.2, 0) is 6.42 Å². The van der Waals surface area contributed by atoms with Crippen molar-refractivity contribution >= 4 is 27.5 Å². The second kappa shape index (κ2) is 5.97. The first-order valence-electron chi connectivity index (χ1n) is 5.15. The van der Waals surface area contributed by atoms with Crippen LogP contribution in [-0.4, -0.2) is 5.88 Å². The van der Waals surface area contributed by atoms with Crippen molar-refractivity contribution in [1.29, 1.82) is 0 Å². The van der Waals surface area contributed by atoms with E-state index in [-0.39, 0.29) is 11.5 Å². The Morgan fingerprint density at radius 2 is 1.94 bits per heavy atom. The van der Waals surface area contributed by atoms with Crippen LogP contribution in [0.3, 0.4) is 0 Å². The molecule has 4 heteroatoms. The molecule has 0 amide bonds. The second-order valence-electron chi connectivity index (χ2n) is 4.18. The van der Waals surface area contributed by atoms with E-state index in [0.29, 0.717) is 22.7 Å². The zero-order valence-corrected chi connectivity index (χ0v) is 11.6. The maximum atomic E-state index is 13.7. The molecule has 0 nitrogen and oxygen atoms in total. The number of halogens is 4. The van der Waals surface area contributed by atoms with E-state index in [1.54, 1.807) is 0 Å². The molecule has 0 aliphatic carbocycles. The highest BCUT2D eigenvalue weighted by atomic mass is 79.9. The third-order valence-electron chi connectivity index (χ3n) is 2.75. The Balaban J connectivity index is 3.00. The first-order chi connectivity index (χ1) is 7.47. The Morgan fingerprint density at radius 1 is 1.31 bits per heavy atom. The summed E-state index contributed by atoms with van der Waals surface area (Å²) in [5.41, 5.74) is 0.119. The summed E-state index contributed by atoms with van der Waals surface area (Å²) < 4.78 is 27.5. The SMILES string of the molecule is CC(C)C(CCl)Cc1c(F)ccc(Br)c1F. The van der Waals surface area contributed by atoms with Crippen LogP contribution in [0.15, 0.2) is 16.6 Å². The molecule has 16 heavy (non-hydrogen) atoms. The molecule has 1 aromatic carbocycles. The molecule has 1 unspecified atom stereocenters. The summed E-state index contributed by atoms with van der Waals surface area (Å²) in [7, 11) is 0. The summed E-state index contributed by atoms with van der Waals surface area (Å²) >= 11 is 8.85. The average molecular weight is 312 g/mol. The lowest BCUT2D eigenvalue weighted by molar-refractivity contribution is 0.405. The molecule has 0 N–H and O–H groups in total. The van der Waals surface area contributed by atoms with Gasteiger partial charge in [-0.05, 0) is 46.3 Å². The Labute approximate surface area is 108 Å². The fraction of sp³-hybridized carbons (Fsp3) is 0.500. The smallest absolute Gasteiger partial charge is 0.143 e. The van der Waals surface area contributed by atoms with E-state index >= 15 is 0 Å². The average Bonchev–Trinajstić information content (AvgIpc) is 2.23. The predicted molar refractivity (Wildman–Crippen MR) is 66.8 cm³/mol. The Hall–Kier alpha value is -0.150. The van der Waals surface area contributed by atoms with Gasteiger partial charge in [0.1, 0.15) is 11.6 Å². The highest BCUT2D eigenvalue weighted by molar-refractivity contribution is 9.10. The summed E-state index contributed by atoms with van der Waals surface area (Å²) in [5, 5.41) is 0. The second-order valence-corrected chi connectivity index (χ2v) is 5.35. The van der Waals surface area contributed by atoms with Gasteiger partial charge in [-0.2, -0.15) is 0 Å². The van der Waals surface area contributed by atoms with Crippen molar-refractivity contribution in [2.24, 2.45) is 11.8 Å². The first-order valence-corrected chi connectivity index (χ1v) is 6.48. The van der Waals surface area contributed by atoms with Gasteiger partial charge in [-0.15, -0.1) is 11.6 Å². The van der Waals surface area contributed by atoms with Crippen LogP contribution in [0.5, 0.6) is 0 Å². The van der Waals surface area contributed by atoms with Gasteiger partial charge in [0.15, 0.2) is 0 Å². The van der Waals surface area contributed by atoms with Gasteiger partial charge >= 0.3 is 0 Å². The summed E-state index contributed by atoms with van der Waals surface area (Å²) in [6, 6.07) is 2.65. The van der Waals surface area contributed by atoms with Crippen LogP contribution in [0.25, 0.3) is 0 Å². The molecule has 0 aliphatic rings. The fourth-order valence-electron chi connectivity index (χ4n) is 1.49. The van der Waals surface area contributed by atoms with Gasteiger partial charge in [0, 0.05) is 11.4 Å². The minimum Gasteiger partial charge on any atom is -0.207 e. The molecular weight excluding hydrogens is 297 g/mol. The summed E-state index contributed by atoms with van der Waals surface area (Å²) in [5.74, 6) is -0.231. The van der Waals surface area contributed by atoms with Crippen LogP contribution in [0.2, 0.25) is 0 Å². The molecule has 90 valence electrons. The molecule has 0 bridgehead atoms. The van der Waals surface area contributed by atoms with Crippen LogP contribution >= 0.6 is 27.5 Å². The lowest BCUT2D eigenvalue weighted by atomic mass is 9.90. The van der Waals surface area contributed by atoms with Gasteiger partial charge in [0.25, 0.3) is 0 Å². The molecule has 1 rings (SSSR count). The molecular formula is C12H14BrClF2. The fourth-order valence-corrected chi connectivity index (χ4v) is 2.32. The molecule has 0 aromatic heterocycles. The molecule has 0 saturated heterocycles. The molecule has 1 atom stereocenters. The normalized spacial score (nSPS) is 13.2. The maximum Gasteiger partial charge on any atom is 0.143 e. The third-order valence-corrected chi connectivity index (χ3v) is 3.76. The molecule has 1 aromatic rings. The molecule has 0 heterocycles.